The Bertz CT molecular complexity index is 300. The van der Waals surface area contributed by atoms with Gasteiger partial charge in [-0.1, -0.05) is 0 Å². The summed E-state index contributed by atoms with van der Waals surface area (Å²) >= 11 is 0. The lowest BCUT2D eigenvalue weighted by Gasteiger charge is -2.06. The second-order valence-electron chi connectivity index (χ2n) is 4.16. The van der Waals surface area contributed by atoms with Crippen LogP contribution in [-0.4, -0.2) is 36.0 Å². The standard InChI is InChI=1S/C11H18N2O4/c14-9(2-1-3-10(15)16)12-6-7-13-11(17)8-4-5-8/h8H,1-7H2,(H,12,14)(H,13,17)(H,15,16). The highest BCUT2D eigenvalue weighted by Gasteiger charge is 2.28. The predicted molar refractivity (Wildman–Crippen MR) is 60.2 cm³/mol. The van der Waals surface area contributed by atoms with Gasteiger partial charge in [0, 0.05) is 31.8 Å². The van der Waals surface area contributed by atoms with Gasteiger partial charge >= 0.3 is 5.97 Å². The monoisotopic (exact) mass is 242 g/mol. The van der Waals surface area contributed by atoms with E-state index in [4.69, 9.17) is 5.11 Å². The zero-order valence-corrected chi connectivity index (χ0v) is 9.70. The van der Waals surface area contributed by atoms with Crippen LogP contribution in [-0.2, 0) is 14.4 Å². The van der Waals surface area contributed by atoms with Crippen molar-refractivity contribution in [2.45, 2.75) is 32.1 Å². The zero-order chi connectivity index (χ0) is 12.7. The van der Waals surface area contributed by atoms with Gasteiger partial charge in [0.25, 0.3) is 0 Å². The van der Waals surface area contributed by atoms with Gasteiger partial charge in [0.1, 0.15) is 0 Å². The van der Waals surface area contributed by atoms with Crippen molar-refractivity contribution in [3.63, 3.8) is 0 Å². The molecule has 0 bridgehead atoms. The van der Waals surface area contributed by atoms with E-state index < -0.39 is 5.97 Å². The highest BCUT2D eigenvalue weighted by molar-refractivity contribution is 5.81. The smallest absolute Gasteiger partial charge is 0.303 e. The molecule has 0 unspecified atom stereocenters. The van der Waals surface area contributed by atoms with Crippen LogP contribution in [0.4, 0.5) is 0 Å². The molecule has 6 heteroatoms. The first kappa shape index (κ1) is 13.5. The molecule has 0 radical (unpaired) electrons. The van der Waals surface area contributed by atoms with Crippen molar-refractivity contribution >= 4 is 17.8 Å². The third-order valence-corrected chi connectivity index (χ3v) is 2.49. The number of hydrogen-bond donors (Lipinski definition) is 3. The largest absolute Gasteiger partial charge is 0.481 e. The molecule has 0 aromatic carbocycles. The zero-order valence-electron chi connectivity index (χ0n) is 9.70. The number of nitrogens with one attached hydrogen (secondary N) is 2. The minimum absolute atomic E-state index is 0.00579. The van der Waals surface area contributed by atoms with Crippen LogP contribution in [0.15, 0.2) is 0 Å². The van der Waals surface area contributed by atoms with E-state index in [1.807, 2.05) is 0 Å². The number of aliphatic carboxylic acids is 1. The highest BCUT2D eigenvalue weighted by atomic mass is 16.4. The van der Waals surface area contributed by atoms with Crippen molar-refractivity contribution in [1.29, 1.82) is 0 Å². The summed E-state index contributed by atoms with van der Waals surface area (Å²) in [7, 11) is 0. The predicted octanol–water partition coefficient (Wildman–Crippen LogP) is -0.116. The number of rotatable bonds is 8. The van der Waals surface area contributed by atoms with Crippen LogP contribution < -0.4 is 10.6 Å². The number of carbonyl (C=O) groups is 3. The van der Waals surface area contributed by atoms with Gasteiger partial charge in [-0.15, -0.1) is 0 Å². The van der Waals surface area contributed by atoms with Crippen LogP contribution in [0.3, 0.4) is 0 Å². The number of hydrogen-bond acceptors (Lipinski definition) is 3. The van der Waals surface area contributed by atoms with Crippen LogP contribution in [0.5, 0.6) is 0 Å². The van der Waals surface area contributed by atoms with Crippen molar-refractivity contribution in [1.82, 2.24) is 10.6 Å². The van der Waals surface area contributed by atoms with Crippen molar-refractivity contribution in [2.75, 3.05) is 13.1 Å². The maximum absolute atomic E-state index is 11.2. The van der Waals surface area contributed by atoms with E-state index in [0.29, 0.717) is 19.5 Å². The number of carboxylic acids is 1. The lowest BCUT2D eigenvalue weighted by molar-refractivity contribution is -0.137. The van der Waals surface area contributed by atoms with E-state index in [2.05, 4.69) is 10.6 Å². The normalized spacial score (nSPS) is 14.1. The average Bonchev–Trinajstić information content (AvgIpc) is 3.07. The van der Waals surface area contributed by atoms with Gasteiger partial charge in [0.05, 0.1) is 0 Å². The molecule has 0 spiro atoms. The Morgan fingerprint density at radius 3 is 2.29 bits per heavy atom. The third-order valence-electron chi connectivity index (χ3n) is 2.49. The first-order valence-electron chi connectivity index (χ1n) is 5.86. The quantitative estimate of drug-likeness (QED) is 0.517. The summed E-state index contributed by atoms with van der Waals surface area (Å²) in [6, 6.07) is 0. The van der Waals surface area contributed by atoms with Gasteiger partial charge in [-0.05, 0) is 19.3 Å². The van der Waals surface area contributed by atoms with Gasteiger partial charge < -0.3 is 15.7 Å². The molecule has 96 valence electrons. The summed E-state index contributed by atoms with van der Waals surface area (Å²) < 4.78 is 0. The maximum Gasteiger partial charge on any atom is 0.303 e. The molecule has 17 heavy (non-hydrogen) atoms. The molecule has 0 heterocycles. The fourth-order valence-corrected chi connectivity index (χ4v) is 1.37. The van der Waals surface area contributed by atoms with Gasteiger partial charge in [0.15, 0.2) is 0 Å². The Morgan fingerprint density at radius 1 is 1.06 bits per heavy atom. The molecule has 1 aliphatic rings. The molecule has 1 fully saturated rings. The van der Waals surface area contributed by atoms with Gasteiger partial charge in [-0.3, -0.25) is 14.4 Å². The molecule has 0 atom stereocenters. The Kier molecular flexibility index (Phi) is 5.45. The van der Waals surface area contributed by atoms with Crippen molar-refractivity contribution < 1.29 is 19.5 Å². The molecule has 0 aromatic heterocycles. The van der Waals surface area contributed by atoms with Crippen LogP contribution >= 0.6 is 0 Å². The van der Waals surface area contributed by atoms with E-state index in [1.165, 1.54) is 0 Å². The lowest BCUT2D eigenvalue weighted by Crippen LogP contribution is -2.35. The summed E-state index contributed by atoms with van der Waals surface area (Å²) in [5, 5.41) is 13.7. The Balaban J connectivity index is 1.92. The molecule has 0 saturated heterocycles. The summed E-state index contributed by atoms with van der Waals surface area (Å²) in [6.07, 6.45) is 2.49. The molecule has 1 aliphatic carbocycles. The van der Waals surface area contributed by atoms with Gasteiger partial charge in [-0.2, -0.15) is 0 Å². The third kappa shape index (κ3) is 6.55. The summed E-state index contributed by atoms with van der Waals surface area (Å²) in [5.74, 6) is -0.826. The van der Waals surface area contributed by atoms with E-state index in [1.54, 1.807) is 0 Å². The van der Waals surface area contributed by atoms with E-state index in [-0.39, 0.29) is 30.6 Å². The molecule has 0 aromatic rings. The summed E-state index contributed by atoms with van der Waals surface area (Å²) in [6.45, 7) is 0.824. The Labute approximate surface area is 99.8 Å². The second-order valence-corrected chi connectivity index (χ2v) is 4.16. The molecule has 3 N–H and O–H groups in total. The van der Waals surface area contributed by atoms with Crippen molar-refractivity contribution in [2.24, 2.45) is 5.92 Å². The molecular weight excluding hydrogens is 224 g/mol. The summed E-state index contributed by atoms with van der Waals surface area (Å²) in [4.78, 5) is 32.6. The van der Waals surface area contributed by atoms with E-state index in [0.717, 1.165) is 12.8 Å². The maximum atomic E-state index is 11.2. The second kappa shape index (κ2) is 6.88. The number of carboxylic acid groups (broad SMARTS) is 1. The Morgan fingerprint density at radius 2 is 1.71 bits per heavy atom. The van der Waals surface area contributed by atoms with Crippen LogP contribution in [0, 0.1) is 5.92 Å². The minimum Gasteiger partial charge on any atom is -0.481 e. The van der Waals surface area contributed by atoms with Crippen molar-refractivity contribution in [3.05, 3.63) is 0 Å². The van der Waals surface area contributed by atoms with Crippen LogP contribution in [0.1, 0.15) is 32.1 Å². The van der Waals surface area contributed by atoms with Crippen LogP contribution in [0.25, 0.3) is 0 Å². The van der Waals surface area contributed by atoms with E-state index >= 15 is 0 Å². The summed E-state index contributed by atoms with van der Waals surface area (Å²) in [5.41, 5.74) is 0. The highest BCUT2D eigenvalue weighted by Crippen LogP contribution is 2.28. The molecule has 6 nitrogen and oxygen atoms in total. The molecule has 2 amide bonds. The van der Waals surface area contributed by atoms with Crippen LogP contribution in [0.2, 0.25) is 0 Å². The van der Waals surface area contributed by atoms with Crippen molar-refractivity contribution in [3.8, 4) is 0 Å². The molecule has 0 aliphatic heterocycles. The first-order chi connectivity index (χ1) is 8.09. The van der Waals surface area contributed by atoms with Gasteiger partial charge in [-0.25, -0.2) is 0 Å². The number of amides is 2. The minimum atomic E-state index is -0.894. The lowest BCUT2D eigenvalue weighted by atomic mass is 10.2. The topological polar surface area (TPSA) is 95.5 Å². The Hall–Kier alpha value is -1.59. The molecule has 1 saturated carbocycles. The van der Waals surface area contributed by atoms with E-state index in [9.17, 15) is 14.4 Å². The fraction of sp³-hybridized carbons (Fsp3) is 0.727. The van der Waals surface area contributed by atoms with Gasteiger partial charge in [0.2, 0.25) is 11.8 Å². The first-order valence-corrected chi connectivity index (χ1v) is 5.86. The average molecular weight is 242 g/mol. The molecule has 1 rings (SSSR count). The SMILES string of the molecule is O=C(O)CCCC(=O)NCCNC(=O)C1CC1. The fourth-order valence-electron chi connectivity index (χ4n) is 1.37. The number of carbonyl (C=O) groups excluding carboxylic acids is 2. The molecular formula is C11H18N2O4.